The van der Waals surface area contributed by atoms with Gasteiger partial charge in [-0.15, -0.1) is 10.2 Å². The summed E-state index contributed by atoms with van der Waals surface area (Å²) in [4.78, 5) is 7.15. The van der Waals surface area contributed by atoms with E-state index in [0.717, 1.165) is 48.4 Å². The molecule has 2 saturated heterocycles. The average Bonchev–Trinajstić information content (AvgIpc) is 3.73. The smallest absolute Gasteiger partial charge is 0.227 e. The number of ether oxygens (including phenoxy) is 1. The van der Waals surface area contributed by atoms with E-state index in [2.05, 4.69) is 15.1 Å². The van der Waals surface area contributed by atoms with Crippen LogP contribution >= 0.6 is 0 Å². The standard InChI is InChI=1S/C29H25F2N5O2/c1-35-16-32-34-28(35)25-10-21(31)5-6-24(25)18-3-2-4-19(9-18)29-33-26-8-17(7-20(12-30)27(26)38-29)13-36-14-23-11-22(36)15-37-23/h2-10,16,22-23H,11-15H2,1H3/t22-,23-/m0/s1. The molecule has 2 bridgehead atoms. The van der Waals surface area contributed by atoms with E-state index in [1.54, 1.807) is 17.0 Å². The Bertz CT molecular complexity index is 1660. The van der Waals surface area contributed by atoms with Gasteiger partial charge in [0.2, 0.25) is 5.89 Å². The average molecular weight is 514 g/mol. The van der Waals surface area contributed by atoms with Crippen molar-refractivity contribution in [2.45, 2.75) is 31.8 Å². The summed E-state index contributed by atoms with van der Waals surface area (Å²) in [6.45, 7) is 1.77. The maximum atomic E-state index is 14.2. The lowest BCUT2D eigenvalue weighted by atomic mass is 9.97. The first-order chi connectivity index (χ1) is 18.6. The van der Waals surface area contributed by atoms with Gasteiger partial charge in [0, 0.05) is 42.9 Å². The minimum absolute atomic E-state index is 0.311. The Labute approximate surface area is 217 Å². The molecule has 0 aliphatic carbocycles. The Kier molecular flexibility index (Phi) is 5.56. The predicted molar refractivity (Wildman–Crippen MR) is 138 cm³/mol. The largest absolute Gasteiger partial charge is 0.436 e. The van der Waals surface area contributed by atoms with Gasteiger partial charge in [-0.3, -0.25) is 4.90 Å². The van der Waals surface area contributed by atoms with Gasteiger partial charge in [0.05, 0.1) is 12.7 Å². The van der Waals surface area contributed by atoms with Crippen LogP contribution in [0.15, 0.2) is 65.3 Å². The molecule has 0 spiro atoms. The van der Waals surface area contributed by atoms with Crippen LogP contribution in [0.4, 0.5) is 8.78 Å². The van der Waals surface area contributed by atoms with Crippen molar-refractivity contribution in [3.8, 4) is 34.0 Å². The second-order valence-corrected chi connectivity index (χ2v) is 10.1. The van der Waals surface area contributed by atoms with Gasteiger partial charge >= 0.3 is 0 Å². The molecule has 2 fully saturated rings. The molecule has 7 nitrogen and oxygen atoms in total. The maximum absolute atomic E-state index is 14.2. The summed E-state index contributed by atoms with van der Waals surface area (Å²) in [7, 11) is 1.82. The van der Waals surface area contributed by atoms with E-state index in [0.29, 0.717) is 46.1 Å². The molecule has 2 aromatic heterocycles. The highest BCUT2D eigenvalue weighted by Gasteiger charge is 2.38. The van der Waals surface area contributed by atoms with Crippen molar-refractivity contribution >= 4 is 11.1 Å². The fraction of sp³-hybridized carbons (Fsp3) is 0.276. The SMILES string of the molecule is Cn1cnnc1-c1cc(F)ccc1-c1cccc(-c2nc3cc(CN4C[C@@H]5C[C@H]4CO5)cc(CF)c3o2)c1. The topological polar surface area (TPSA) is 69.2 Å². The number of hydrogen-bond acceptors (Lipinski definition) is 6. The second kappa shape index (κ2) is 9.11. The van der Waals surface area contributed by atoms with Gasteiger partial charge in [-0.05, 0) is 59.5 Å². The van der Waals surface area contributed by atoms with Gasteiger partial charge in [0.15, 0.2) is 11.4 Å². The number of aryl methyl sites for hydroxylation is 1. The summed E-state index contributed by atoms with van der Waals surface area (Å²) in [5.41, 5.74) is 5.64. The van der Waals surface area contributed by atoms with Crippen molar-refractivity contribution in [1.29, 1.82) is 0 Å². The Morgan fingerprint density at radius 3 is 2.71 bits per heavy atom. The van der Waals surface area contributed by atoms with E-state index in [4.69, 9.17) is 14.1 Å². The fourth-order valence-electron chi connectivity index (χ4n) is 5.69. The molecule has 2 aliphatic rings. The molecule has 192 valence electrons. The molecule has 0 saturated carbocycles. The van der Waals surface area contributed by atoms with Crippen LogP contribution in [0.2, 0.25) is 0 Å². The Morgan fingerprint density at radius 1 is 1.05 bits per heavy atom. The summed E-state index contributed by atoms with van der Waals surface area (Å²) >= 11 is 0. The van der Waals surface area contributed by atoms with Gasteiger partial charge < -0.3 is 13.7 Å². The van der Waals surface area contributed by atoms with Crippen LogP contribution in [-0.2, 0) is 25.0 Å². The third kappa shape index (κ3) is 3.99. The van der Waals surface area contributed by atoms with E-state index in [1.807, 2.05) is 43.4 Å². The zero-order valence-electron chi connectivity index (χ0n) is 20.8. The summed E-state index contributed by atoms with van der Waals surface area (Å²) in [6, 6.07) is 16.6. The van der Waals surface area contributed by atoms with Crippen molar-refractivity contribution in [1.82, 2.24) is 24.6 Å². The molecule has 0 amide bonds. The quantitative estimate of drug-likeness (QED) is 0.297. The molecule has 7 rings (SSSR count). The van der Waals surface area contributed by atoms with E-state index >= 15 is 0 Å². The fourth-order valence-corrected chi connectivity index (χ4v) is 5.69. The van der Waals surface area contributed by atoms with Crippen molar-refractivity contribution in [3.05, 3.63) is 77.9 Å². The first-order valence-electron chi connectivity index (χ1n) is 12.6. The van der Waals surface area contributed by atoms with Crippen LogP contribution in [0.3, 0.4) is 0 Å². The highest BCUT2D eigenvalue weighted by molar-refractivity contribution is 5.84. The van der Waals surface area contributed by atoms with Gasteiger partial charge in [0.1, 0.15) is 24.3 Å². The minimum atomic E-state index is -0.634. The Hall–Kier alpha value is -3.95. The van der Waals surface area contributed by atoms with Crippen LogP contribution in [0.25, 0.3) is 45.1 Å². The van der Waals surface area contributed by atoms with Crippen LogP contribution in [0.5, 0.6) is 0 Å². The van der Waals surface area contributed by atoms with Crippen molar-refractivity contribution < 1.29 is 17.9 Å². The summed E-state index contributed by atoms with van der Waals surface area (Å²) in [5.74, 6) is 0.611. The highest BCUT2D eigenvalue weighted by Crippen LogP contribution is 2.36. The number of rotatable bonds is 6. The van der Waals surface area contributed by atoms with E-state index < -0.39 is 6.67 Å². The third-order valence-electron chi connectivity index (χ3n) is 7.52. The molecule has 2 atom stereocenters. The molecule has 9 heteroatoms. The van der Waals surface area contributed by atoms with Gasteiger partial charge in [0.25, 0.3) is 0 Å². The maximum Gasteiger partial charge on any atom is 0.227 e. The van der Waals surface area contributed by atoms with Crippen LogP contribution in [-0.4, -0.2) is 49.9 Å². The van der Waals surface area contributed by atoms with E-state index in [-0.39, 0.29) is 5.82 Å². The van der Waals surface area contributed by atoms with Crippen molar-refractivity contribution in [3.63, 3.8) is 0 Å². The monoisotopic (exact) mass is 513 g/mol. The number of benzene rings is 3. The number of hydrogen-bond donors (Lipinski definition) is 0. The molecule has 0 N–H and O–H groups in total. The van der Waals surface area contributed by atoms with Gasteiger partial charge in [-0.25, -0.2) is 13.8 Å². The third-order valence-corrected chi connectivity index (χ3v) is 7.52. The second-order valence-electron chi connectivity index (χ2n) is 10.1. The summed E-state index contributed by atoms with van der Waals surface area (Å²) < 4.78 is 41.9. The van der Waals surface area contributed by atoms with Crippen molar-refractivity contribution in [2.75, 3.05) is 13.2 Å². The van der Waals surface area contributed by atoms with Crippen LogP contribution in [0, 0.1) is 5.82 Å². The Morgan fingerprint density at radius 2 is 1.95 bits per heavy atom. The molecule has 0 unspecified atom stereocenters. The molecule has 4 heterocycles. The number of oxazole rings is 1. The van der Waals surface area contributed by atoms with Crippen LogP contribution in [0.1, 0.15) is 17.5 Å². The highest BCUT2D eigenvalue weighted by atomic mass is 19.1. The molecule has 0 radical (unpaired) electrons. The number of alkyl halides is 1. The lowest BCUT2D eigenvalue weighted by molar-refractivity contribution is 0.0273. The van der Waals surface area contributed by atoms with Gasteiger partial charge in [-0.1, -0.05) is 18.2 Å². The molecular formula is C29H25F2N5O2. The number of halogens is 2. The molecule has 2 aliphatic heterocycles. The number of fused-ring (bicyclic) bond motifs is 3. The van der Waals surface area contributed by atoms with E-state index in [1.165, 1.54) is 12.1 Å². The zero-order chi connectivity index (χ0) is 25.8. The van der Waals surface area contributed by atoms with Gasteiger partial charge in [-0.2, -0.15) is 0 Å². The molecule has 5 aromatic rings. The first-order valence-corrected chi connectivity index (χ1v) is 12.6. The number of aromatic nitrogens is 4. The lowest BCUT2D eigenvalue weighted by Crippen LogP contribution is -2.36. The number of likely N-dealkylation sites (tertiary alicyclic amines) is 1. The summed E-state index contributed by atoms with van der Waals surface area (Å²) in [6.07, 6.45) is 2.96. The van der Waals surface area contributed by atoms with Crippen molar-refractivity contribution in [2.24, 2.45) is 7.05 Å². The number of nitrogens with zero attached hydrogens (tertiary/aromatic N) is 5. The molecule has 38 heavy (non-hydrogen) atoms. The summed E-state index contributed by atoms with van der Waals surface area (Å²) in [5, 5.41) is 8.11. The normalized spacial score (nSPS) is 19.1. The Balaban J connectivity index is 1.25. The lowest BCUT2D eigenvalue weighted by Gasteiger charge is -2.26. The van der Waals surface area contributed by atoms with E-state index in [9.17, 15) is 8.78 Å². The van der Waals surface area contributed by atoms with Crippen LogP contribution < -0.4 is 0 Å². The minimum Gasteiger partial charge on any atom is -0.436 e. The molecule has 3 aromatic carbocycles. The predicted octanol–water partition coefficient (Wildman–Crippen LogP) is 5.54. The molecular weight excluding hydrogens is 488 g/mol. The number of morpholine rings is 1. The zero-order valence-corrected chi connectivity index (χ0v) is 20.8. The first kappa shape index (κ1) is 23.2.